The fourth-order valence-electron chi connectivity index (χ4n) is 2.07. The van der Waals surface area contributed by atoms with Crippen LogP contribution in [-0.2, 0) is 11.3 Å². The Balaban J connectivity index is 1.75. The maximum atomic E-state index is 12.0. The molecule has 22 heavy (non-hydrogen) atoms. The van der Waals surface area contributed by atoms with Crippen molar-refractivity contribution in [2.24, 2.45) is 0 Å². The number of rotatable bonds is 4. The van der Waals surface area contributed by atoms with Crippen molar-refractivity contribution in [3.63, 3.8) is 0 Å². The number of hydrogen-bond donors (Lipinski definition) is 1. The molecule has 8 nitrogen and oxygen atoms in total. The van der Waals surface area contributed by atoms with E-state index in [4.69, 9.17) is 0 Å². The minimum Gasteiger partial charge on any atom is -0.324 e. The SMILES string of the molecule is O=C(Cn1nnc2ccccc21)Nc1cccc([N+](=O)[O-])c1. The summed E-state index contributed by atoms with van der Waals surface area (Å²) in [5.74, 6) is -0.337. The standard InChI is InChI=1S/C14H11N5O3/c20-14(15-10-4-3-5-11(8-10)19(21)22)9-18-13-7-2-1-6-12(13)16-17-18/h1-8H,9H2,(H,15,20). The molecule has 0 spiro atoms. The van der Waals surface area contributed by atoms with E-state index in [0.29, 0.717) is 11.2 Å². The average Bonchev–Trinajstić information content (AvgIpc) is 2.91. The van der Waals surface area contributed by atoms with Crippen molar-refractivity contribution in [3.8, 4) is 0 Å². The number of non-ortho nitro benzene ring substituents is 1. The highest BCUT2D eigenvalue weighted by Crippen LogP contribution is 2.17. The number of nitro benzene ring substituents is 1. The van der Waals surface area contributed by atoms with Gasteiger partial charge in [-0.2, -0.15) is 0 Å². The molecule has 1 N–H and O–H groups in total. The Labute approximate surface area is 124 Å². The van der Waals surface area contributed by atoms with Crippen molar-refractivity contribution in [2.45, 2.75) is 6.54 Å². The van der Waals surface area contributed by atoms with Crippen molar-refractivity contribution in [3.05, 3.63) is 58.6 Å². The topological polar surface area (TPSA) is 103 Å². The Morgan fingerprint density at radius 1 is 1.23 bits per heavy atom. The third kappa shape index (κ3) is 2.75. The van der Waals surface area contributed by atoms with E-state index in [0.717, 1.165) is 5.52 Å². The first-order valence-corrected chi connectivity index (χ1v) is 6.46. The second kappa shape index (κ2) is 5.60. The quantitative estimate of drug-likeness (QED) is 0.586. The largest absolute Gasteiger partial charge is 0.324 e. The van der Waals surface area contributed by atoms with E-state index in [2.05, 4.69) is 15.6 Å². The van der Waals surface area contributed by atoms with Gasteiger partial charge in [0.2, 0.25) is 5.91 Å². The number of benzene rings is 2. The summed E-state index contributed by atoms with van der Waals surface area (Å²) in [5.41, 5.74) is 1.73. The lowest BCUT2D eigenvalue weighted by Gasteiger charge is -2.05. The minimum absolute atomic E-state index is 0.0246. The Bertz CT molecular complexity index is 858. The molecular formula is C14H11N5O3. The molecule has 3 rings (SSSR count). The van der Waals surface area contributed by atoms with E-state index in [9.17, 15) is 14.9 Å². The number of aromatic nitrogens is 3. The first kappa shape index (κ1) is 13.7. The van der Waals surface area contributed by atoms with Gasteiger partial charge in [0.25, 0.3) is 5.69 Å². The monoisotopic (exact) mass is 297 g/mol. The molecule has 3 aromatic rings. The van der Waals surface area contributed by atoms with Crippen molar-refractivity contribution >= 4 is 28.3 Å². The summed E-state index contributed by atoms with van der Waals surface area (Å²) in [6.45, 7) is -0.0246. The zero-order valence-electron chi connectivity index (χ0n) is 11.3. The summed E-state index contributed by atoms with van der Waals surface area (Å²) in [7, 11) is 0. The van der Waals surface area contributed by atoms with Crippen LogP contribution in [0.2, 0.25) is 0 Å². The van der Waals surface area contributed by atoms with Crippen molar-refractivity contribution in [1.82, 2.24) is 15.0 Å². The average molecular weight is 297 g/mol. The number of nitrogens with zero attached hydrogens (tertiary/aromatic N) is 4. The van der Waals surface area contributed by atoms with Gasteiger partial charge in [-0.25, -0.2) is 4.68 Å². The Hall–Kier alpha value is -3.29. The summed E-state index contributed by atoms with van der Waals surface area (Å²) in [6.07, 6.45) is 0. The summed E-state index contributed by atoms with van der Waals surface area (Å²) in [6, 6.07) is 13.1. The highest BCUT2D eigenvalue weighted by molar-refractivity contribution is 5.91. The predicted molar refractivity (Wildman–Crippen MR) is 79.3 cm³/mol. The number of hydrogen-bond acceptors (Lipinski definition) is 5. The normalized spacial score (nSPS) is 10.5. The zero-order chi connectivity index (χ0) is 15.5. The van der Waals surface area contributed by atoms with Crippen LogP contribution in [0.4, 0.5) is 11.4 Å². The molecule has 1 heterocycles. The van der Waals surface area contributed by atoms with Crippen molar-refractivity contribution < 1.29 is 9.72 Å². The smallest absolute Gasteiger partial charge is 0.271 e. The van der Waals surface area contributed by atoms with E-state index >= 15 is 0 Å². The molecule has 0 fully saturated rings. The highest BCUT2D eigenvalue weighted by Gasteiger charge is 2.11. The molecule has 0 aliphatic heterocycles. The first-order valence-electron chi connectivity index (χ1n) is 6.46. The van der Waals surface area contributed by atoms with Crippen LogP contribution in [0.25, 0.3) is 11.0 Å². The van der Waals surface area contributed by atoms with Crippen LogP contribution in [0.3, 0.4) is 0 Å². The first-order chi connectivity index (χ1) is 10.6. The fraction of sp³-hybridized carbons (Fsp3) is 0.0714. The third-order valence-corrected chi connectivity index (χ3v) is 3.05. The van der Waals surface area contributed by atoms with E-state index in [1.165, 1.54) is 22.9 Å². The molecule has 110 valence electrons. The van der Waals surface area contributed by atoms with Gasteiger partial charge in [0.1, 0.15) is 12.1 Å². The molecule has 1 aromatic heterocycles. The minimum atomic E-state index is -0.513. The molecule has 0 saturated carbocycles. The van der Waals surface area contributed by atoms with Crippen LogP contribution < -0.4 is 5.32 Å². The summed E-state index contributed by atoms with van der Waals surface area (Å²) in [5, 5.41) is 21.2. The molecule has 0 radical (unpaired) electrons. The van der Waals surface area contributed by atoms with Crippen LogP contribution in [0.15, 0.2) is 48.5 Å². The van der Waals surface area contributed by atoms with Gasteiger partial charge in [-0.1, -0.05) is 23.4 Å². The highest BCUT2D eigenvalue weighted by atomic mass is 16.6. The zero-order valence-corrected chi connectivity index (χ0v) is 11.3. The van der Waals surface area contributed by atoms with Gasteiger partial charge in [-0.3, -0.25) is 14.9 Å². The maximum Gasteiger partial charge on any atom is 0.271 e. The molecule has 2 aromatic carbocycles. The summed E-state index contributed by atoms with van der Waals surface area (Å²) < 4.78 is 1.47. The van der Waals surface area contributed by atoms with Crippen LogP contribution >= 0.6 is 0 Å². The molecule has 0 aliphatic rings. The summed E-state index contributed by atoms with van der Waals surface area (Å²) >= 11 is 0. The molecule has 8 heteroatoms. The fourth-order valence-corrected chi connectivity index (χ4v) is 2.07. The number of carbonyl (C=O) groups excluding carboxylic acids is 1. The van der Waals surface area contributed by atoms with Crippen LogP contribution in [0, 0.1) is 10.1 Å². The molecule has 1 amide bonds. The number of para-hydroxylation sites is 1. The van der Waals surface area contributed by atoms with Gasteiger partial charge < -0.3 is 5.32 Å². The Kier molecular flexibility index (Phi) is 3.48. The number of nitro groups is 1. The molecule has 0 unspecified atom stereocenters. The van der Waals surface area contributed by atoms with Gasteiger partial charge >= 0.3 is 0 Å². The van der Waals surface area contributed by atoms with E-state index in [-0.39, 0.29) is 18.1 Å². The number of amides is 1. The number of nitrogens with one attached hydrogen (secondary N) is 1. The number of fused-ring (bicyclic) bond motifs is 1. The second-order valence-corrected chi connectivity index (χ2v) is 4.59. The van der Waals surface area contributed by atoms with Crippen molar-refractivity contribution in [1.29, 1.82) is 0 Å². The van der Waals surface area contributed by atoms with E-state index in [1.54, 1.807) is 12.1 Å². The van der Waals surface area contributed by atoms with Gasteiger partial charge in [0, 0.05) is 17.8 Å². The lowest BCUT2D eigenvalue weighted by molar-refractivity contribution is -0.384. The molecule has 0 atom stereocenters. The van der Waals surface area contributed by atoms with Gasteiger partial charge in [0.05, 0.1) is 10.4 Å². The van der Waals surface area contributed by atoms with Gasteiger partial charge in [-0.05, 0) is 18.2 Å². The molecular weight excluding hydrogens is 286 g/mol. The van der Waals surface area contributed by atoms with Crippen molar-refractivity contribution in [2.75, 3.05) is 5.32 Å². The van der Waals surface area contributed by atoms with E-state index < -0.39 is 4.92 Å². The number of anilines is 1. The van der Waals surface area contributed by atoms with Gasteiger partial charge in [-0.15, -0.1) is 5.10 Å². The van der Waals surface area contributed by atoms with Crippen LogP contribution in [0.5, 0.6) is 0 Å². The van der Waals surface area contributed by atoms with Crippen LogP contribution in [0.1, 0.15) is 0 Å². The lowest BCUT2D eigenvalue weighted by Crippen LogP contribution is -2.19. The predicted octanol–water partition coefficient (Wildman–Crippen LogP) is 1.98. The number of carbonyl (C=O) groups is 1. The van der Waals surface area contributed by atoms with Gasteiger partial charge in [0.15, 0.2) is 0 Å². The maximum absolute atomic E-state index is 12.0. The van der Waals surface area contributed by atoms with E-state index in [1.807, 2.05) is 18.2 Å². The Morgan fingerprint density at radius 3 is 2.86 bits per heavy atom. The third-order valence-electron chi connectivity index (χ3n) is 3.05. The lowest BCUT2D eigenvalue weighted by atomic mass is 10.3. The Morgan fingerprint density at radius 2 is 2.05 bits per heavy atom. The second-order valence-electron chi connectivity index (χ2n) is 4.59. The summed E-state index contributed by atoms with van der Waals surface area (Å²) in [4.78, 5) is 22.2. The molecule has 0 bridgehead atoms. The molecule has 0 saturated heterocycles. The van der Waals surface area contributed by atoms with Crippen LogP contribution in [-0.4, -0.2) is 25.8 Å². The molecule has 0 aliphatic carbocycles.